The third-order valence-electron chi connectivity index (χ3n) is 6.92. The third kappa shape index (κ3) is 7.95. The van der Waals surface area contributed by atoms with Crippen LogP contribution in [0.4, 0.5) is 13.2 Å². The highest BCUT2D eigenvalue weighted by Crippen LogP contribution is 2.29. The Bertz CT molecular complexity index is 1090. The fourth-order valence-corrected chi connectivity index (χ4v) is 4.83. The van der Waals surface area contributed by atoms with Gasteiger partial charge in [0.15, 0.2) is 0 Å². The first kappa shape index (κ1) is 32.6. The van der Waals surface area contributed by atoms with Crippen LogP contribution in [0.1, 0.15) is 52.5 Å². The molecule has 0 saturated carbocycles. The molecule has 222 valence electrons. The molecule has 1 aromatic carbocycles. The molecule has 2 N–H and O–H groups in total. The normalized spacial score (nSPS) is 15.4. The van der Waals surface area contributed by atoms with Crippen molar-refractivity contribution in [3.63, 3.8) is 0 Å². The van der Waals surface area contributed by atoms with Crippen molar-refractivity contribution in [2.45, 2.75) is 77.3 Å². The average molecular weight is 571 g/mol. The number of likely N-dealkylation sites (N-methyl/N-ethyl adjacent to an activating group) is 1. The highest BCUT2D eigenvalue weighted by molar-refractivity contribution is 5.97. The summed E-state index contributed by atoms with van der Waals surface area (Å²) in [6.07, 6.45) is -4.45. The molecule has 1 aliphatic heterocycles. The molecular weight excluding hydrogens is 533 g/mol. The summed E-state index contributed by atoms with van der Waals surface area (Å²) in [6.45, 7) is 5.85. The minimum atomic E-state index is -5.26. The smallest absolute Gasteiger partial charge is 0.471 e. The number of amides is 4. The molecule has 0 radical (unpaired) electrons. The average Bonchev–Trinajstić information content (AvgIpc) is 3.40. The minimum absolute atomic E-state index is 0.360. The number of carbonyl (C=O) groups excluding carboxylic acids is 4. The molecule has 1 fully saturated rings. The maximum atomic E-state index is 13.7. The van der Waals surface area contributed by atoms with Gasteiger partial charge in [-0.15, -0.1) is 0 Å². The number of benzene rings is 1. The third-order valence-corrected chi connectivity index (χ3v) is 6.92. The van der Waals surface area contributed by atoms with E-state index in [2.05, 4.69) is 5.32 Å². The Morgan fingerprint density at radius 1 is 1.00 bits per heavy atom. The molecule has 2 rings (SSSR count). The van der Waals surface area contributed by atoms with Gasteiger partial charge < -0.3 is 25.1 Å². The molecule has 0 spiro atoms. The second kappa shape index (κ2) is 13.1. The van der Waals surface area contributed by atoms with Crippen LogP contribution in [0.3, 0.4) is 0 Å². The van der Waals surface area contributed by atoms with Gasteiger partial charge in [-0.3, -0.25) is 24.0 Å². The van der Waals surface area contributed by atoms with Crippen LogP contribution in [0.25, 0.3) is 0 Å². The van der Waals surface area contributed by atoms with Crippen LogP contribution >= 0.6 is 0 Å². The van der Waals surface area contributed by atoms with E-state index in [-0.39, 0.29) is 0 Å². The molecule has 4 amide bonds. The summed E-state index contributed by atoms with van der Waals surface area (Å²) >= 11 is 0. The van der Waals surface area contributed by atoms with Gasteiger partial charge in [-0.25, -0.2) is 0 Å². The van der Waals surface area contributed by atoms with Crippen LogP contribution in [-0.2, 0) is 30.5 Å². The number of hydrogen-bond acceptors (Lipinski definition) is 5. The number of carbonyl (C=O) groups is 5. The van der Waals surface area contributed by atoms with Gasteiger partial charge in [-0.1, -0.05) is 44.2 Å². The quantitative estimate of drug-likeness (QED) is 0.421. The summed E-state index contributed by atoms with van der Waals surface area (Å²) in [5, 5.41) is 11.8. The Kier molecular flexibility index (Phi) is 10.7. The monoisotopic (exact) mass is 570 g/mol. The topological polar surface area (TPSA) is 127 Å². The molecule has 2 atom stereocenters. The molecule has 13 heteroatoms. The van der Waals surface area contributed by atoms with Gasteiger partial charge in [0.05, 0.1) is 6.42 Å². The van der Waals surface area contributed by atoms with E-state index in [1.807, 2.05) is 0 Å². The van der Waals surface area contributed by atoms with Crippen molar-refractivity contribution >= 4 is 29.6 Å². The fourth-order valence-electron chi connectivity index (χ4n) is 4.83. The Labute approximate surface area is 231 Å². The summed E-state index contributed by atoms with van der Waals surface area (Å²) < 4.78 is 40.8. The molecule has 0 bridgehead atoms. The molecule has 1 aliphatic rings. The molecule has 1 heterocycles. The van der Waals surface area contributed by atoms with Gasteiger partial charge in [0, 0.05) is 26.7 Å². The lowest BCUT2D eigenvalue weighted by atomic mass is 9.95. The summed E-state index contributed by atoms with van der Waals surface area (Å²) in [7, 11) is 1.22. The number of carboxylic acid groups (broad SMARTS) is 1. The summed E-state index contributed by atoms with van der Waals surface area (Å²) in [5.41, 5.74) is -1.69. The van der Waals surface area contributed by atoms with Crippen LogP contribution in [-0.4, -0.2) is 93.3 Å². The second-order valence-electron chi connectivity index (χ2n) is 10.7. The molecular formula is C27H37F3N4O6. The van der Waals surface area contributed by atoms with Crippen molar-refractivity contribution in [1.82, 2.24) is 20.0 Å². The number of alkyl halides is 3. The van der Waals surface area contributed by atoms with Crippen molar-refractivity contribution in [3.8, 4) is 0 Å². The molecule has 1 aromatic rings. The zero-order valence-electron chi connectivity index (χ0n) is 23.3. The van der Waals surface area contributed by atoms with Crippen LogP contribution in [0.15, 0.2) is 30.3 Å². The SMILES string of the molecule is CC(C)[C@@H](C(=O)N[C@@H](CC(=O)O)C(=O)N1CCCC1)N(C)C(=O)C(C)(C)N(Cc1ccccc1)C(=O)C(F)(F)F. The lowest BCUT2D eigenvalue weighted by molar-refractivity contribution is -0.194. The summed E-state index contributed by atoms with van der Waals surface area (Å²) in [4.78, 5) is 66.8. The van der Waals surface area contributed by atoms with Gasteiger partial charge >= 0.3 is 18.1 Å². The van der Waals surface area contributed by atoms with Gasteiger partial charge in [0.25, 0.3) is 0 Å². The van der Waals surface area contributed by atoms with E-state index in [9.17, 15) is 42.3 Å². The highest BCUT2D eigenvalue weighted by Gasteiger charge is 2.51. The highest BCUT2D eigenvalue weighted by atomic mass is 19.4. The zero-order chi connectivity index (χ0) is 30.4. The molecule has 40 heavy (non-hydrogen) atoms. The lowest BCUT2D eigenvalue weighted by Gasteiger charge is -2.42. The number of halogens is 3. The maximum Gasteiger partial charge on any atom is 0.471 e. The molecule has 0 aliphatic carbocycles. The zero-order valence-corrected chi connectivity index (χ0v) is 23.3. The Morgan fingerprint density at radius 3 is 2.02 bits per heavy atom. The standard InChI is InChI=1S/C27H37F3N4O6/c1-17(2)21(22(37)31-19(15-20(35)36)23(38)33-13-9-10-14-33)32(5)24(39)26(3,4)34(25(40)27(28,29)30)16-18-11-7-6-8-12-18/h6-8,11-12,17,19,21H,9-10,13-16H2,1-5H3,(H,31,37)(H,35,36)/t19-,21-/m0/s1. The van der Waals surface area contributed by atoms with E-state index in [0.29, 0.717) is 23.6 Å². The van der Waals surface area contributed by atoms with E-state index >= 15 is 0 Å². The molecule has 0 aromatic heterocycles. The van der Waals surface area contributed by atoms with Crippen LogP contribution < -0.4 is 5.32 Å². The van der Waals surface area contributed by atoms with E-state index in [4.69, 9.17) is 0 Å². The Balaban J connectivity index is 2.36. The van der Waals surface area contributed by atoms with Crippen LogP contribution in [0, 0.1) is 5.92 Å². The van der Waals surface area contributed by atoms with E-state index in [1.165, 1.54) is 24.1 Å². The van der Waals surface area contributed by atoms with Gasteiger partial charge in [-0.05, 0) is 38.2 Å². The minimum Gasteiger partial charge on any atom is -0.481 e. The number of hydrogen-bond donors (Lipinski definition) is 2. The van der Waals surface area contributed by atoms with E-state index < -0.39 is 72.3 Å². The van der Waals surface area contributed by atoms with Gasteiger partial charge in [0.1, 0.15) is 17.6 Å². The van der Waals surface area contributed by atoms with E-state index in [1.54, 1.807) is 32.0 Å². The maximum absolute atomic E-state index is 13.7. The first-order chi connectivity index (χ1) is 18.5. The largest absolute Gasteiger partial charge is 0.481 e. The first-order valence-corrected chi connectivity index (χ1v) is 13.0. The number of carboxylic acids is 1. The fraction of sp³-hybridized carbons (Fsp3) is 0.593. The molecule has 10 nitrogen and oxygen atoms in total. The van der Waals surface area contributed by atoms with Crippen LogP contribution in [0.2, 0.25) is 0 Å². The summed E-state index contributed by atoms with van der Waals surface area (Å²) in [6, 6.07) is 5.19. The first-order valence-electron chi connectivity index (χ1n) is 13.0. The van der Waals surface area contributed by atoms with Crippen LogP contribution in [0.5, 0.6) is 0 Å². The number of rotatable bonds is 11. The number of nitrogens with one attached hydrogen (secondary N) is 1. The predicted molar refractivity (Wildman–Crippen MR) is 139 cm³/mol. The van der Waals surface area contributed by atoms with Crippen molar-refractivity contribution in [2.75, 3.05) is 20.1 Å². The molecule has 0 unspecified atom stereocenters. The van der Waals surface area contributed by atoms with Crippen molar-refractivity contribution in [2.24, 2.45) is 5.92 Å². The number of aliphatic carboxylic acids is 1. The Morgan fingerprint density at radius 2 is 1.55 bits per heavy atom. The predicted octanol–water partition coefficient (Wildman–Crippen LogP) is 2.42. The summed E-state index contributed by atoms with van der Waals surface area (Å²) in [5.74, 6) is -6.46. The van der Waals surface area contributed by atoms with E-state index in [0.717, 1.165) is 31.6 Å². The van der Waals surface area contributed by atoms with Crippen molar-refractivity contribution in [3.05, 3.63) is 35.9 Å². The van der Waals surface area contributed by atoms with Crippen molar-refractivity contribution in [1.29, 1.82) is 0 Å². The number of nitrogens with zero attached hydrogens (tertiary/aromatic N) is 3. The molecule has 1 saturated heterocycles. The van der Waals surface area contributed by atoms with Gasteiger partial charge in [-0.2, -0.15) is 13.2 Å². The second-order valence-corrected chi connectivity index (χ2v) is 10.7. The lowest BCUT2D eigenvalue weighted by Crippen LogP contribution is -2.63. The Hall–Kier alpha value is -3.64. The number of likely N-dealkylation sites (tertiary alicyclic amines) is 1. The van der Waals surface area contributed by atoms with Gasteiger partial charge in [0.2, 0.25) is 17.7 Å². The van der Waals surface area contributed by atoms with Crippen molar-refractivity contribution < 1.29 is 42.3 Å².